The van der Waals surface area contributed by atoms with E-state index in [0.29, 0.717) is 24.3 Å². The van der Waals surface area contributed by atoms with E-state index >= 15 is 0 Å². The molecule has 0 saturated carbocycles. The van der Waals surface area contributed by atoms with Crippen LogP contribution in [0.4, 0.5) is 72.8 Å². The molecule has 0 aromatic heterocycles. The first-order valence-corrected chi connectivity index (χ1v) is 7.85. The molecule has 0 atom stereocenters. The molecule has 0 unspecified atom stereocenters. The Morgan fingerprint density at radius 3 is 1.37 bits per heavy atom. The maximum Gasteiger partial charge on any atom is 0.527 e. The summed E-state index contributed by atoms with van der Waals surface area (Å²) in [6, 6.07) is 1.95. The number of carbonyl (C=O) groups excluding carboxylic acids is 2. The summed E-state index contributed by atoms with van der Waals surface area (Å²) < 4.78 is 179. The van der Waals surface area contributed by atoms with Crippen molar-refractivity contribution in [3.05, 3.63) is 24.3 Å². The number of alkyl halides is 14. The smallest absolute Gasteiger partial charge is 0.337 e. The van der Waals surface area contributed by atoms with Crippen molar-refractivity contribution in [3.8, 4) is 0 Å². The van der Waals surface area contributed by atoms with Crippen LogP contribution in [0.5, 0.6) is 0 Å². The maximum absolute atomic E-state index is 13.3. The van der Waals surface area contributed by atoms with Gasteiger partial charge in [0.2, 0.25) is 0 Å². The summed E-state index contributed by atoms with van der Waals surface area (Å²) in [4.78, 5) is 25.7. The van der Waals surface area contributed by atoms with Crippen LogP contribution in [0.1, 0.15) is 0 Å². The fraction of sp³-hybridized carbons (Fsp3) is 0.429. The molecule has 1 amide bonds. The van der Waals surface area contributed by atoms with E-state index in [1.807, 2.05) is 9.47 Å². The lowest BCUT2D eigenvalue weighted by Gasteiger charge is -2.25. The molecule has 0 radical (unpaired) electrons. The zero-order chi connectivity index (χ0) is 27.7. The molecule has 0 bridgehead atoms. The number of ether oxygens (including phenoxy) is 2. The minimum absolute atomic E-state index is 0.465. The highest BCUT2D eigenvalue weighted by atomic mass is 19.4. The van der Waals surface area contributed by atoms with Gasteiger partial charge in [0.25, 0.3) is 0 Å². The molecule has 0 fully saturated rings. The number of amides is 1. The molecule has 35 heavy (non-hydrogen) atoms. The summed E-state index contributed by atoms with van der Waals surface area (Å²) in [5.74, 6) is -18.6. The highest BCUT2D eigenvalue weighted by molar-refractivity contribution is 5.96. The van der Waals surface area contributed by atoms with Crippen LogP contribution in [-0.4, -0.2) is 48.7 Å². The van der Waals surface area contributed by atoms with E-state index in [4.69, 9.17) is 0 Å². The van der Waals surface area contributed by atoms with Crippen molar-refractivity contribution >= 4 is 23.3 Å². The Morgan fingerprint density at radius 1 is 0.600 bits per heavy atom. The van der Waals surface area contributed by atoms with Crippen LogP contribution < -0.4 is 10.8 Å². The average Bonchev–Trinajstić information content (AvgIpc) is 2.62. The lowest BCUT2D eigenvalue weighted by molar-refractivity contribution is -0.459. The number of rotatable bonds is 9. The SMILES string of the molecule is O=C(Nc1ccc(NOC(=O)C(F)(F)C(F)(F)OC(F)(F)F)cc1)C(F)(F)C(F)(F)OC(F)(F)F. The summed E-state index contributed by atoms with van der Waals surface area (Å²) in [5, 5.41) is 1.04. The Balaban J connectivity index is 2.83. The molecule has 2 N–H and O–H groups in total. The van der Waals surface area contributed by atoms with Crippen LogP contribution >= 0.6 is 0 Å². The van der Waals surface area contributed by atoms with Crippen molar-refractivity contribution in [2.45, 2.75) is 36.8 Å². The van der Waals surface area contributed by atoms with E-state index in [2.05, 4.69) is 4.84 Å². The summed E-state index contributed by atoms with van der Waals surface area (Å²) in [6.07, 6.45) is -25.3. The lowest BCUT2D eigenvalue weighted by atomic mass is 10.2. The molecule has 200 valence electrons. The average molecular weight is 548 g/mol. The largest absolute Gasteiger partial charge is 0.527 e. The number of nitrogens with one attached hydrogen (secondary N) is 2. The predicted octanol–water partition coefficient (Wildman–Crippen LogP) is 5.02. The molecule has 0 spiro atoms. The van der Waals surface area contributed by atoms with Crippen LogP contribution in [0.3, 0.4) is 0 Å². The van der Waals surface area contributed by atoms with Gasteiger partial charge in [-0.3, -0.25) is 4.79 Å². The first-order chi connectivity index (χ1) is 15.4. The maximum atomic E-state index is 13.3. The zero-order valence-electron chi connectivity index (χ0n) is 15.6. The van der Waals surface area contributed by atoms with Crippen LogP contribution in [0, 0.1) is 0 Å². The fourth-order valence-corrected chi connectivity index (χ4v) is 1.67. The molecule has 0 aliphatic heterocycles. The standard InChI is InChI=1S/C14H6F14N2O5/c15-9(16,11(19,20)34-13(23,24)25)7(31)29-5-1-3-6(4-2-5)30-33-8(32)10(17,18)12(21,22)35-14(26,27)28/h1-4,30H,(H,29,31). The minimum Gasteiger partial charge on any atom is -0.337 e. The number of hydrogen-bond donors (Lipinski definition) is 2. The van der Waals surface area contributed by atoms with Crippen molar-refractivity contribution in [2.75, 3.05) is 10.8 Å². The van der Waals surface area contributed by atoms with Gasteiger partial charge < -0.3 is 10.2 Å². The molecule has 7 nitrogen and oxygen atoms in total. The molecule has 0 aliphatic carbocycles. The molecule has 0 heterocycles. The van der Waals surface area contributed by atoms with E-state index < -0.39 is 60.0 Å². The van der Waals surface area contributed by atoms with Crippen molar-refractivity contribution in [2.24, 2.45) is 0 Å². The van der Waals surface area contributed by atoms with Gasteiger partial charge >= 0.3 is 48.7 Å². The summed E-state index contributed by atoms with van der Waals surface area (Å²) in [7, 11) is 0. The molecule has 1 rings (SSSR count). The normalized spacial score (nSPS) is 13.9. The van der Waals surface area contributed by atoms with E-state index in [-0.39, 0.29) is 0 Å². The van der Waals surface area contributed by atoms with Gasteiger partial charge in [-0.05, 0) is 24.3 Å². The lowest BCUT2D eigenvalue weighted by Crippen LogP contribution is -2.53. The van der Waals surface area contributed by atoms with Crippen molar-refractivity contribution in [3.63, 3.8) is 0 Å². The van der Waals surface area contributed by atoms with Crippen LogP contribution in [0.15, 0.2) is 24.3 Å². The Morgan fingerprint density at radius 2 is 0.971 bits per heavy atom. The van der Waals surface area contributed by atoms with E-state index in [9.17, 15) is 71.1 Å². The quantitative estimate of drug-likeness (QED) is 0.333. The highest BCUT2D eigenvalue weighted by Crippen LogP contribution is 2.42. The first kappa shape index (κ1) is 29.9. The second-order valence-corrected chi connectivity index (χ2v) is 5.80. The van der Waals surface area contributed by atoms with Crippen molar-refractivity contribution < 1.29 is 85.4 Å². The van der Waals surface area contributed by atoms with Crippen LogP contribution in [0.25, 0.3) is 0 Å². The van der Waals surface area contributed by atoms with Gasteiger partial charge in [-0.25, -0.2) is 19.7 Å². The third-order valence-corrected chi connectivity index (χ3v) is 3.16. The van der Waals surface area contributed by atoms with E-state index in [0.717, 1.165) is 5.32 Å². The van der Waals surface area contributed by atoms with Crippen molar-refractivity contribution in [1.82, 2.24) is 0 Å². The topological polar surface area (TPSA) is 85.9 Å². The third-order valence-electron chi connectivity index (χ3n) is 3.16. The number of carbonyl (C=O) groups is 2. The third kappa shape index (κ3) is 7.70. The first-order valence-electron chi connectivity index (χ1n) is 7.85. The van der Waals surface area contributed by atoms with Crippen molar-refractivity contribution in [1.29, 1.82) is 0 Å². The summed E-state index contributed by atoms with van der Waals surface area (Å²) in [6.45, 7) is 0. The van der Waals surface area contributed by atoms with Gasteiger partial charge in [0.05, 0.1) is 5.69 Å². The minimum atomic E-state index is -6.42. The zero-order valence-corrected chi connectivity index (χ0v) is 15.6. The molecule has 1 aromatic rings. The molecule has 0 saturated heterocycles. The Bertz CT molecular complexity index is 913. The number of halogens is 14. The Kier molecular flexibility index (Phi) is 8.13. The van der Waals surface area contributed by atoms with Gasteiger partial charge in [-0.2, -0.15) is 35.1 Å². The highest BCUT2D eigenvalue weighted by Gasteiger charge is 2.69. The molecule has 1 aromatic carbocycles. The molecular weight excluding hydrogens is 542 g/mol. The molecule has 21 heteroatoms. The van der Waals surface area contributed by atoms with Gasteiger partial charge in [-0.1, -0.05) is 0 Å². The summed E-state index contributed by atoms with van der Waals surface area (Å²) in [5.41, 5.74) is -0.340. The van der Waals surface area contributed by atoms with Gasteiger partial charge in [0, 0.05) is 5.69 Å². The fourth-order valence-electron chi connectivity index (χ4n) is 1.67. The summed E-state index contributed by atoms with van der Waals surface area (Å²) >= 11 is 0. The second kappa shape index (κ2) is 9.51. The number of anilines is 2. The monoisotopic (exact) mass is 548 g/mol. The van der Waals surface area contributed by atoms with Gasteiger partial charge in [0.15, 0.2) is 0 Å². The molecular formula is C14H6F14N2O5. The van der Waals surface area contributed by atoms with E-state index in [1.54, 1.807) is 0 Å². The number of hydrogen-bond acceptors (Lipinski definition) is 6. The van der Waals surface area contributed by atoms with Crippen LogP contribution in [-0.2, 0) is 23.9 Å². The van der Waals surface area contributed by atoms with Gasteiger partial charge in [0.1, 0.15) is 0 Å². The molecule has 0 aliphatic rings. The van der Waals surface area contributed by atoms with Gasteiger partial charge in [-0.15, -0.1) is 26.3 Å². The Labute approximate surface area is 181 Å². The predicted molar refractivity (Wildman–Crippen MR) is 78.9 cm³/mol. The Hall–Kier alpha value is -3.10. The number of benzene rings is 1. The van der Waals surface area contributed by atoms with E-state index in [1.165, 1.54) is 5.48 Å². The van der Waals surface area contributed by atoms with Crippen LogP contribution in [0.2, 0.25) is 0 Å². The second-order valence-electron chi connectivity index (χ2n) is 5.80.